The fraction of sp³-hybridized carbons (Fsp3) is 0.833. The van der Waals surface area contributed by atoms with Crippen molar-refractivity contribution in [2.75, 3.05) is 0 Å². The second-order valence-electron chi connectivity index (χ2n) is 5.06. The SMILES string of the molecule is CC(C)C[C@H](NC(=O)C(C)C)C(O)CC(=O)O. The molecule has 5 nitrogen and oxygen atoms in total. The Kier molecular flexibility index (Phi) is 6.80. The molecule has 100 valence electrons. The van der Waals surface area contributed by atoms with Gasteiger partial charge in [-0.3, -0.25) is 9.59 Å². The van der Waals surface area contributed by atoms with E-state index < -0.39 is 18.1 Å². The molecule has 0 aromatic rings. The Bertz CT molecular complexity index is 263. The molecule has 0 spiro atoms. The normalized spacial score (nSPS) is 14.8. The van der Waals surface area contributed by atoms with Gasteiger partial charge in [0.2, 0.25) is 5.91 Å². The van der Waals surface area contributed by atoms with Crippen molar-refractivity contribution >= 4 is 11.9 Å². The number of aliphatic carboxylic acids is 1. The fourth-order valence-corrected chi connectivity index (χ4v) is 1.49. The van der Waals surface area contributed by atoms with E-state index in [9.17, 15) is 14.7 Å². The molecule has 1 amide bonds. The number of hydrogen-bond acceptors (Lipinski definition) is 3. The maximum Gasteiger partial charge on any atom is 0.306 e. The summed E-state index contributed by atoms with van der Waals surface area (Å²) in [6.45, 7) is 7.43. The number of rotatable bonds is 7. The van der Waals surface area contributed by atoms with Crippen molar-refractivity contribution in [1.29, 1.82) is 0 Å². The van der Waals surface area contributed by atoms with E-state index in [4.69, 9.17) is 5.11 Å². The lowest BCUT2D eigenvalue weighted by atomic mass is 9.96. The van der Waals surface area contributed by atoms with Crippen LogP contribution in [0.15, 0.2) is 0 Å². The predicted octanol–water partition coefficient (Wildman–Crippen LogP) is 1.01. The zero-order valence-electron chi connectivity index (χ0n) is 10.9. The summed E-state index contributed by atoms with van der Waals surface area (Å²) in [6, 6.07) is -0.499. The third kappa shape index (κ3) is 6.94. The predicted molar refractivity (Wildman–Crippen MR) is 64.5 cm³/mol. The summed E-state index contributed by atoms with van der Waals surface area (Å²) in [5.74, 6) is -1.14. The Labute approximate surface area is 102 Å². The second-order valence-corrected chi connectivity index (χ2v) is 5.06. The number of aliphatic hydroxyl groups is 1. The monoisotopic (exact) mass is 245 g/mol. The summed E-state index contributed by atoms with van der Waals surface area (Å²) < 4.78 is 0. The molecule has 0 aromatic carbocycles. The van der Waals surface area contributed by atoms with Crippen molar-refractivity contribution in [3.63, 3.8) is 0 Å². The van der Waals surface area contributed by atoms with Crippen molar-refractivity contribution in [2.24, 2.45) is 11.8 Å². The van der Waals surface area contributed by atoms with Gasteiger partial charge in [0.15, 0.2) is 0 Å². The van der Waals surface area contributed by atoms with Crippen molar-refractivity contribution in [1.82, 2.24) is 5.32 Å². The molecule has 0 saturated heterocycles. The van der Waals surface area contributed by atoms with Crippen molar-refractivity contribution in [2.45, 2.75) is 52.7 Å². The molecule has 3 N–H and O–H groups in total. The number of nitrogens with one attached hydrogen (secondary N) is 1. The molecule has 2 atom stereocenters. The largest absolute Gasteiger partial charge is 0.481 e. The molecule has 17 heavy (non-hydrogen) atoms. The van der Waals surface area contributed by atoms with Gasteiger partial charge in [0, 0.05) is 5.92 Å². The number of amides is 1. The van der Waals surface area contributed by atoms with Crippen molar-refractivity contribution in [3.05, 3.63) is 0 Å². The summed E-state index contributed by atoms with van der Waals surface area (Å²) in [4.78, 5) is 22.1. The molecule has 0 aliphatic rings. The Hall–Kier alpha value is -1.10. The first kappa shape index (κ1) is 15.9. The van der Waals surface area contributed by atoms with E-state index in [1.807, 2.05) is 13.8 Å². The molecule has 0 radical (unpaired) electrons. The maximum absolute atomic E-state index is 11.6. The minimum absolute atomic E-state index is 0.167. The summed E-state index contributed by atoms with van der Waals surface area (Å²) in [5.41, 5.74) is 0. The molecular formula is C12H23NO4. The molecule has 0 aromatic heterocycles. The van der Waals surface area contributed by atoms with Crippen molar-refractivity contribution < 1.29 is 19.8 Å². The van der Waals surface area contributed by atoms with Crippen LogP contribution in [0.3, 0.4) is 0 Å². The number of carbonyl (C=O) groups is 2. The van der Waals surface area contributed by atoms with E-state index in [2.05, 4.69) is 5.32 Å². The van der Waals surface area contributed by atoms with Crippen molar-refractivity contribution in [3.8, 4) is 0 Å². The lowest BCUT2D eigenvalue weighted by Gasteiger charge is -2.25. The zero-order valence-corrected chi connectivity index (χ0v) is 10.9. The van der Waals surface area contributed by atoms with Crippen LogP contribution in [0.5, 0.6) is 0 Å². The van der Waals surface area contributed by atoms with Crippen LogP contribution < -0.4 is 5.32 Å². The molecule has 0 aliphatic heterocycles. The highest BCUT2D eigenvalue weighted by molar-refractivity contribution is 5.78. The van der Waals surface area contributed by atoms with Crippen LogP contribution in [-0.2, 0) is 9.59 Å². The Morgan fingerprint density at radius 1 is 1.18 bits per heavy atom. The van der Waals surface area contributed by atoms with Gasteiger partial charge in [-0.25, -0.2) is 0 Å². The third-order valence-corrected chi connectivity index (χ3v) is 2.43. The highest BCUT2D eigenvalue weighted by Crippen LogP contribution is 2.11. The smallest absolute Gasteiger partial charge is 0.306 e. The van der Waals surface area contributed by atoms with Gasteiger partial charge in [-0.2, -0.15) is 0 Å². The molecule has 0 aliphatic carbocycles. The lowest BCUT2D eigenvalue weighted by molar-refractivity contribution is -0.140. The maximum atomic E-state index is 11.6. The molecular weight excluding hydrogens is 222 g/mol. The van der Waals surface area contributed by atoms with Crippen LogP contribution in [0, 0.1) is 11.8 Å². The summed E-state index contributed by atoms with van der Waals surface area (Å²) >= 11 is 0. The first-order valence-electron chi connectivity index (χ1n) is 5.94. The topological polar surface area (TPSA) is 86.6 Å². The van der Waals surface area contributed by atoms with Gasteiger partial charge in [-0.15, -0.1) is 0 Å². The molecule has 5 heteroatoms. The van der Waals surface area contributed by atoms with Gasteiger partial charge in [0.05, 0.1) is 18.6 Å². The average molecular weight is 245 g/mol. The Morgan fingerprint density at radius 2 is 1.71 bits per heavy atom. The highest BCUT2D eigenvalue weighted by Gasteiger charge is 2.25. The average Bonchev–Trinajstić information content (AvgIpc) is 2.14. The van der Waals surface area contributed by atoms with Gasteiger partial charge in [0.1, 0.15) is 0 Å². The van der Waals surface area contributed by atoms with Gasteiger partial charge < -0.3 is 15.5 Å². The Balaban J connectivity index is 4.52. The zero-order chi connectivity index (χ0) is 13.6. The van der Waals surface area contributed by atoms with Crippen LogP contribution in [0.1, 0.15) is 40.5 Å². The van der Waals surface area contributed by atoms with Crippen LogP contribution in [0.4, 0.5) is 0 Å². The van der Waals surface area contributed by atoms with E-state index in [1.54, 1.807) is 13.8 Å². The minimum atomic E-state index is -1.06. The van der Waals surface area contributed by atoms with Crippen LogP contribution in [0.2, 0.25) is 0 Å². The molecule has 0 fully saturated rings. The van der Waals surface area contributed by atoms with E-state index in [0.29, 0.717) is 6.42 Å². The molecule has 0 bridgehead atoms. The number of hydrogen-bond donors (Lipinski definition) is 3. The van der Waals surface area contributed by atoms with Gasteiger partial charge in [0.25, 0.3) is 0 Å². The van der Waals surface area contributed by atoms with Crippen LogP contribution in [-0.4, -0.2) is 34.2 Å². The van der Waals surface area contributed by atoms with Crippen LogP contribution in [0.25, 0.3) is 0 Å². The van der Waals surface area contributed by atoms with Gasteiger partial charge in [-0.1, -0.05) is 27.7 Å². The molecule has 0 rings (SSSR count). The number of carbonyl (C=O) groups excluding carboxylic acids is 1. The molecule has 0 heterocycles. The highest BCUT2D eigenvalue weighted by atomic mass is 16.4. The van der Waals surface area contributed by atoms with E-state index in [-0.39, 0.29) is 24.2 Å². The van der Waals surface area contributed by atoms with Gasteiger partial charge >= 0.3 is 5.97 Å². The second kappa shape index (κ2) is 7.27. The van der Waals surface area contributed by atoms with E-state index in [1.165, 1.54) is 0 Å². The lowest BCUT2D eigenvalue weighted by Crippen LogP contribution is -2.46. The fourth-order valence-electron chi connectivity index (χ4n) is 1.49. The number of carboxylic acid groups (broad SMARTS) is 1. The third-order valence-electron chi connectivity index (χ3n) is 2.43. The van der Waals surface area contributed by atoms with E-state index in [0.717, 1.165) is 0 Å². The van der Waals surface area contributed by atoms with E-state index >= 15 is 0 Å². The quantitative estimate of drug-likeness (QED) is 0.624. The number of aliphatic hydroxyl groups excluding tert-OH is 1. The Morgan fingerprint density at radius 3 is 2.06 bits per heavy atom. The summed E-state index contributed by atoms with van der Waals surface area (Å²) in [7, 11) is 0. The standard InChI is InChI=1S/C12H23NO4/c1-7(2)5-9(10(14)6-11(15)16)13-12(17)8(3)4/h7-10,14H,5-6H2,1-4H3,(H,13,17)(H,15,16)/t9-,10?/m0/s1. The summed E-state index contributed by atoms with van der Waals surface area (Å²) in [5, 5.41) is 21.1. The minimum Gasteiger partial charge on any atom is -0.481 e. The first-order chi connectivity index (χ1) is 7.73. The molecule has 1 unspecified atom stereocenters. The molecule has 0 saturated carbocycles. The van der Waals surface area contributed by atoms with Crippen LogP contribution >= 0.6 is 0 Å². The van der Waals surface area contributed by atoms with Gasteiger partial charge in [-0.05, 0) is 12.3 Å². The number of carboxylic acids is 1. The summed E-state index contributed by atoms with van der Waals surface area (Å²) in [6.07, 6.45) is -0.833. The first-order valence-corrected chi connectivity index (χ1v) is 5.94.